The molecule has 130 valence electrons. The summed E-state index contributed by atoms with van der Waals surface area (Å²) in [5.74, 6) is 1.46. The van der Waals surface area contributed by atoms with Gasteiger partial charge in [0.15, 0.2) is 5.82 Å². The molecule has 0 fully saturated rings. The lowest BCUT2D eigenvalue weighted by Crippen LogP contribution is -2.15. The van der Waals surface area contributed by atoms with Crippen LogP contribution in [0.25, 0.3) is 11.4 Å². The van der Waals surface area contributed by atoms with Crippen molar-refractivity contribution in [1.82, 2.24) is 15.0 Å². The molecule has 7 heteroatoms. The van der Waals surface area contributed by atoms with E-state index in [0.717, 1.165) is 11.3 Å². The van der Waals surface area contributed by atoms with E-state index >= 15 is 0 Å². The van der Waals surface area contributed by atoms with Crippen LogP contribution in [-0.4, -0.2) is 27.7 Å². The Bertz CT molecular complexity index is 794. The van der Waals surface area contributed by atoms with Crippen LogP contribution in [0.3, 0.4) is 0 Å². The van der Waals surface area contributed by atoms with Crippen LogP contribution in [0.5, 0.6) is 0 Å². The molecular formula is C18H23N7. The fraction of sp³-hybridized carbons (Fsp3) is 0.222. The normalized spacial score (nSPS) is 11.8. The minimum atomic E-state index is 0.190. The average molecular weight is 337 g/mol. The van der Waals surface area contributed by atoms with Gasteiger partial charge in [0.05, 0.1) is 0 Å². The number of nitrogens with two attached hydrogens (primary N) is 1. The van der Waals surface area contributed by atoms with Crippen LogP contribution >= 0.6 is 0 Å². The first-order chi connectivity index (χ1) is 12.0. The number of rotatable bonds is 7. The molecule has 4 N–H and O–H groups in total. The van der Waals surface area contributed by atoms with E-state index in [0.29, 0.717) is 23.4 Å². The molecule has 0 saturated heterocycles. The van der Waals surface area contributed by atoms with E-state index in [2.05, 4.69) is 37.3 Å². The van der Waals surface area contributed by atoms with E-state index in [1.54, 1.807) is 12.3 Å². The molecular weight excluding hydrogens is 314 g/mol. The number of benzene rings is 1. The van der Waals surface area contributed by atoms with Gasteiger partial charge in [-0.1, -0.05) is 18.2 Å². The van der Waals surface area contributed by atoms with Crippen LogP contribution in [-0.2, 0) is 0 Å². The van der Waals surface area contributed by atoms with E-state index in [1.165, 1.54) is 0 Å². The molecule has 1 aromatic heterocycles. The summed E-state index contributed by atoms with van der Waals surface area (Å²) in [6.45, 7) is 9.38. The molecule has 25 heavy (non-hydrogen) atoms. The van der Waals surface area contributed by atoms with Gasteiger partial charge in [-0.2, -0.15) is 15.0 Å². The molecule has 1 heterocycles. The Morgan fingerprint density at radius 1 is 1.24 bits per heavy atom. The second kappa shape index (κ2) is 8.58. The average Bonchev–Trinajstić information content (AvgIpc) is 2.57. The standard InChI is InChI=1S/C18H23N7/c1-5-15(9-10-20-4)22-18-24-16(13-7-6-8-14(19)11-13)23-17(25-18)21-12(2)3/h5-12H,4,19H2,1-3H3,(H2,21,22,23,24,25)/b10-9-,15-5+. The van der Waals surface area contributed by atoms with E-state index in [-0.39, 0.29) is 6.04 Å². The summed E-state index contributed by atoms with van der Waals surface area (Å²) in [5, 5.41) is 6.36. The molecule has 1 aromatic carbocycles. The lowest BCUT2D eigenvalue weighted by molar-refractivity contribution is 0.869. The van der Waals surface area contributed by atoms with Crippen LogP contribution in [0.4, 0.5) is 17.6 Å². The minimum absolute atomic E-state index is 0.190. The Morgan fingerprint density at radius 3 is 2.64 bits per heavy atom. The Kier molecular flexibility index (Phi) is 6.22. The largest absolute Gasteiger partial charge is 0.399 e. The van der Waals surface area contributed by atoms with Crippen molar-refractivity contribution in [2.45, 2.75) is 26.8 Å². The van der Waals surface area contributed by atoms with Crippen molar-refractivity contribution in [2.24, 2.45) is 4.99 Å². The van der Waals surface area contributed by atoms with E-state index < -0.39 is 0 Å². The number of hydrogen-bond donors (Lipinski definition) is 3. The summed E-state index contributed by atoms with van der Waals surface area (Å²) in [7, 11) is 0. The zero-order valence-corrected chi connectivity index (χ0v) is 14.7. The second-order valence-corrected chi connectivity index (χ2v) is 5.60. The van der Waals surface area contributed by atoms with Gasteiger partial charge in [0.25, 0.3) is 0 Å². The topological polar surface area (TPSA) is 101 Å². The fourth-order valence-electron chi connectivity index (χ4n) is 2.03. The van der Waals surface area contributed by atoms with E-state index in [4.69, 9.17) is 5.73 Å². The molecule has 0 bridgehead atoms. The maximum atomic E-state index is 5.87. The van der Waals surface area contributed by atoms with Crippen LogP contribution < -0.4 is 16.4 Å². The van der Waals surface area contributed by atoms with Crippen LogP contribution in [0, 0.1) is 0 Å². The van der Waals surface area contributed by atoms with Gasteiger partial charge in [-0.3, -0.25) is 4.99 Å². The summed E-state index contributed by atoms with van der Waals surface area (Å²) in [5.41, 5.74) is 8.15. The minimum Gasteiger partial charge on any atom is -0.399 e. The van der Waals surface area contributed by atoms with Crippen molar-refractivity contribution in [3.05, 3.63) is 48.3 Å². The Hall–Kier alpha value is -3.22. The lowest BCUT2D eigenvalue weighted by atomic mass is 10.2. The fourth-order valence-corrected chi connectivity index (χ4v) is 2.03. The van der Waals surface area contributed by atoms with E-state index in [9.17, 15) is 0 Å². The monoisotopic (exact) mass is 337 g/mol. The molecule has 0 amide bonds. The highest BCUT2D eigenvalue weighted by Crippen LogP contribution is 2.21. The van der Waals surface area contributed by atoms with Gasteiger partial charge in [-0.25, -0.2) is 0 Å². The molecule has 0 aliphatic carbocycles. The number of anilines is 3. The van der Waals surface area contributed by atoms with Crippen LogP contribution in [0.2, 0.25) is 0 Å². The number of hydrogen-bond acceptors (Lipinski definition) is 7. The zero-order chi connectivity index (χ0) is 18.2. The van der Waals surface area contributed by atoms with Crippen molar-refractivity contribution in [3.8, 4) is 11.4 Å². The van der Waals surface area contributed by atoms with Crippen molar-refractivity contribution >= 4 is 24.3 Å². The van der Waals surface area contributed by atoms with Crippen molar-refractivity contribution in [2.75, 3.05) is 16.4 Å². The van der Waals surface area contributed by atoms with Gasteiger partial charge in [0, 0.05) is 29.2 Å². The Morgan fingerprint density at radius 2 is 2.00 bits per heavy atom. The van der Waals surface area contributed by atoms with Gasteiger partial charge in [0.2, 0.25) is 11.9 Å². The van der Waals surface area contributed by atoms with Gasteiger partial charge in [-0.15, -0.1) is 0 Å². The number of nitrogens with one attached hydrogen (secondary N) is 2. The number of aromatic nitrogens is 3. The quantitative estimate of drug-likeness (QED) is 0.406. The second-order valence-electron chi connectivity index (χ2n) is 5.60. The first-order valence-corrected chi connectivity index (χ1v) is 7.96. The molecule has 0 atom stereocenters. The van der Waals surface area contributed by atoms with Crippen molar-refractivity contribution < 1.29 is 0 Å². The van der Waals surface area contributed by atoms with Gasteiger partial charge in [0.1, 0.15) is 0 Å². The van der Waals surface area contributed by atoms with Crippen LogP contribution in [0.15, 0.2) is 53.3 Å². The third-order valence-electron chi connectivity index (χ3n) is 3.12. The maximum Gasteiger partial charge on any atom is 0.232 e. The predicted octanol–water partition coefficient (Wildman–Crippen LogP) is 3.47. The lowest BCUT2D eigenvalue weighted by Gasteiger charge is -2.12. The Balaban J connectivity index is 2.43. The zero-order valence-electron chi connectivity index (χ0n) is 14.7. The highest BCUT2D eigenvalue weighted by molar-refractivity contribution is 5.63. The molecule has 0 radical (unpaired) electrons. The first-order valence-electron chi connectivity index (χ1n) is 7.96. The summed E-state index contributed by atoms with van der Waals surface area (Å²) >= 11 is 0. The molecule has 0 unspecified atom stereocenters. The highest BCUT2D eigenvalue weighted by Gasteiger charge is 2.10. The smallest absolute Gasteiger partial charge is 0.232 e. The Labute approximate surface area is 147 Å². The highest BCUT2D eigenvalue weighted by atomic mass is 15.2. The third-order valence-corrected chi connectivity index (χ3v) is 3.12. The van der Waals surface area contributed by atoms with Gasteiger partial charge < -0.3 is 16.4 Å². The molecule has 0 aliphatic rings. The van der Waals surface area contributed by atoms with Gasteiger partial charge >= 0.3 is 0 Å². The number of allylic oxidation sites excluding steroid dienone is 2. The molecule has 7 nitrogen and oxygen atoms in total. The summed E-state index contributed by atoms with van der Waals surface area (Å²) in [4.78, 5) is 17.1. The van der Waals surface area contributed by atoms with Crippen molar-refractivity contribution in [1.29, 1.82) is 0 Å². The third kappa shape index (κ3) is 5.42. The molecule has 2 rings (SSSR count). The molecule has 2 aromatic rings. The van der Waals surface area contributed by atoms with E-state index in [1.807, 2.05) is 51.1 Å². The number of nitrogens with zero attached hydrogens (tertiary/aromatic N) is 4. The maximum absolute atomic E-state index is 5.87. The van der Waals surface area contributed by atoms with Gasteiger partial charge in [-0.05, 0) is 45.7 Å². The van der Waals surface area contributed by atoms with Crippen molar-refractivity contribution in [3.63, 3.8) is 0 Å². The molecule has 0 spiro atoms. The summed E-state index contributed by atoms with van der Waals surface area (Å²) in [6, 6.07) is 7.62. The summed E-state index contributed by atoms with van der Waals surface area (Å²) in [6.07, 6.45) is 5.27. The first kappa shape index (κ1) is 18.1. The molecule has 0 aliphatic heterocycles. The summed E-state index contributed by atoms with van der Waals surface area (Å²) < 4.78 is 0. The SMILES string of the molecule is C=N/C=C\C(=C/C)Nc1nc(NC(C)C)nc(-c2cccc(N)c2)n1. The number of nitrogen functional groups attached to an aromatic ring is 1. The van der Waals surface area contributed by atoms with Crippen LogP contribution in [0.1, 0.15) is 20.8 Å². The number of aliphatic imine (C=N–C) groups is 1. The predicted molar refractivity (Wildman–Crippen MR) is 105 cm³/mol. The molecule has 0 saturated carbocycles.